The van der Waals surface area contributed by atoms with Gasteiger partial charge in [-0.25, -0.2) is 9.18 Å². The number of carboxylic acids is 1. The third kappa shape index (κ3) is 5.56. The SMILES string of the molecule is COCCN1C(=O)C2(CCN(Cc3ccc(F)cc3)CC2)c2ccccc21.O=C(O)C(F)(F)F. The van der Waals surface area contributed by atoms with E-state index < -0.39 is 17.6 Å². The van der Waals surface area contributed by atoms with E-state index in [1.54, 1.807) is 7.11 Å². The van der Waals surface area contributed by atoms with Gasteiger partial charge in [-0.3, -0.25) is 9.69 Å². The Kier molecular flexibility index (Phi) is 7.93. The number of fused-ring (bicyclic) bond motifs is 2. The van der Waals surface area contributed by atoms with Crippen molar-refractivity contribution in [3.63, 3.8) is 0 Å². The molecule has 0 aromatic heterocycles. The van der Waals surface area contributed by atoms with Gasteiger partial charge < -0.3 is 14.7 Å². The van der Waals surface area contributed by atoms with Gasteiger partial charge in [0.15, 0.2) is 0 Å². The maximum atomic E-state index is 13.4. The first-order valence-corrected chi connectivity index (χ1v) is 10.8. The van der Waals surface area contributed by atoms with Crippen LogP contribution in [0.3, 0.4) is 0 Å². The van der Waals surface area contributed by atoms with Crippen LogP contribution in [0.5, 0.6) is 0 Å². The molecule has 2 heterocycles. The van der Waals surface area contributed by atoms with E-state index in [0.29, 0.717) is 13.2 Å². The van der Waals surface area contributed by atoms with Crippen LogP contribution in [0, 0.1) is 5.82 Å². The molecule has 1 amide bonds. The third-order valence-electron chi connectivity index (χ3n) is 6.16. The van der Waals surface area contributed by atoms with Crippen LogP contribution in [0.2, 0.25) is 0 Å². The number of hydrogen-bond donors (Lipinski definition) is 1. The fourth-order valence-corrected chi connectivity index (χ4v) is 4.43. The van der Waals surface area contributed by atoms with E-state index in [4.69, 9.17) is 14.6 Å². The summed E-state index contributed by atoms with van der Waals surface area (Å²) in [5.41, 5.74) is 2.88. The molecule has 6 nitrogen and oxygen atoms in total. The van der Waals surface area contributed by atoms with Crippen LogP contribution in [-0.4, -0.2) is 61.4 Å². The molecule has 2 aromatic carbocycles. The lowest BCUT2D eigenvalue weighted by Gasteiger charge is -2.38. The van der Waals surface area contributed by atoms with Gasteiger partial charge in [-0.15, -0.1) is 0 Å². The smallest absolute Gasteiger partial charge is 0.475 e. The number of carbonyl (C=O) groups is 2. The fourth-order valence-electron chi connectivity index (χ4n) is 4.43. The lowest BCUT2D eigenvalue weighted by atomic mass is 9.73. The molecule has 34 heavy (non-hydrogen) atoms. The Morgan fingerprint density at radius 1 is 1.09 bits per heavy atom. The number of likely N-dealkylation sites (tertiary alicyclic amines) is 1. The fraction of sp³-hybridized carbons (Fsp3) is 0.417. The summed E-state index contributed by atoms with van der Waals surface area (Å²) >= 11 is 0. The molecule has 1 fully saturated rings. The number of para-hydroxylation sites is 1. The van der Waals surface area contributed by atoms with Crippen LogP contribution in [0.25, 0.3) is 0 Å². The molecule has 1 saturated heterocycles. The van der Waals surface area contributed by atoms with Gasteiger partial charge in [0.05, 0.1) is 12.0 Å². The predicted molar refractivity (Wildman–Crippen MR) is 117 cm³/mol. The molecule has 0 atom stereocenters. The molecule has 0 aliphatic carbocycles. The Hall–Kier alpha value is -2.98. The number of halogens is 4. The van der Waals surface area contributed by atoms with Gasteiger partial charge >= 0.3 is 12.1 Å². The van der Waals surface area contributed by atoms with E-state index in [1.165, 1.54) is 12.1 Å². The number of hydrogen-bond acceptors (Lipinski definition) is 4. The lowest BCUT2D eigenvalue weighted by Crippen LogP contribution is -2.49. The first-order valence-electron chi connectivity index (χ1n) is 10.8. The van der Waals surface area contributed by atoms with Crippen molar-refractivity contribution in [1.29, 1.82) is 0 Å². The summed E-state index contributed by atoms with van der Waals surface area (Å²) in [5, 5.41) is 7.12. The van der Waals surface area contributed by atoms with Crippen molar-refractivity contribution in [2.24, 2.45) is 0 Å². The highest BCUT2D eigenvalue weighted by atomic mass is 19.4. The summed E-state index contributed by atoms with van der Waals surface area (Å²) in [6.07, 6.45) is -3.46. The molecular formula is C24H26F4N2O4. The number of ether oxygens (including phenoxy) is 1. The van der Waals surface area contributed by atoms with Crippen LogP contribution < -0.4 is 4.90 Å². The minimum absolute atomic E-state index is 0.208. The molecule has 0 unspecified atom stereocenters. The van der Waals surface area contributed by atoms with E-state index in [9.17, 15) is 22.4 Å². The maximum absolute atomic E-state index is 13.4. The molecule has 1 spiro atoms. The Balaban J connectivity index is 0.000000406. The number of methoxy groups -OCH3 is 1. The third-order valence-corrected chi connectivity index (χ3v) is 6.16. The van der Waals surface area contributed by atoms with Gasteiger partial charge in [0.1, 0.15) is 5.82 Å². The number of alkyl halides is 3. The summed E-state index contributed by atoms with van der Waals surface area (Å²) in [5.74, 6) is -2.75. The van der Waals surface area contributed by atoms with Gasteiger partial charge in [-0.05, 0) is 55.3 Å². The predicted octanol–water partition coefficient (Wildman–Crippen LogP) is 3.99. The zero-order valence-corrected chi connectivity index (χ0v) is 18.6. The molecule has 2 aromatic rings. The number of carbonyl (C=O) groups excluding carboxylic acids is 1. The molecular weight excluding hydrogens is 456 g/mol. The molecule has 0 saturated carbocycles. The number of piperidine rings is 1. The van der Waals surface area contributed by atoms with E-state index in [-0.39, 0.29) is 11.7 Å². The second-order valence-corrected chi connectivity index (χ2v) is 8.25. The summed E-state index contributed by atoms with van der Waals surface area (Å²) in [6, 6.07) is 14.9. The van der Waals surface area contributed by atoms with Crippen molar-refractivity contribution in [3.8, 4) is 0 Å². The average molecular weight is 482 g/mol. The largest absolute Gasteiger partial charge is 0.490 e. The Labute approximate surface area is 194 Å². The molecule has 2 aliphatic heterocycles. The van der Waals surface area contributed by atoms with Crippen LogP contribution in [0.4, 0.5) is 23.2 Å². The standard InChI is InChI=1S/C22H25FN2O2.C2HF3O2/c1-27-15-14-25-20-5-3-2-4-19(20)22(21(25)26)10-12-24(13-11-22)16-17-6-8-18(23)9-7-17;3-2(4,5)1(6)7/h2-9H,10-16H2,1H3;(H,6,7). The molecule has 0 radical (unpaired) electrons. The Morgan fingerprint density at radius 3 is 2.24 bits per heavy atom. The Bertz CT molecular complexity index is 1000. The second-order valence-electron chi connectivity index (χ2n) is 8.25. The highest BCUT2D eigenvalue weighted by molar-refractivity contribution is 6.08. The van der Waals surface area contributed by atoms with Crippen molar-refractivity contribution in [2.75, 3.05) is 38.3 Å². The quantitative estimate of drug-likeness (QED) is 0.653. The summed E-state index contributed by atoms with van der Waals surface area (Å²) in [7, 11) is 1.66. The van der Waals surface area contributed by atoms with E-state index in [1.807, 2.05) is 35.2 Å². The van der Waals surface area contributed by atoms with Gasteiger partial charge in [-0.2, -0.15) is 13.2 Å². The molecule has 184 valence electrons. The lowest BCUT2D eigenvalue weighted by molar-refractivity contribution is -0.192. The molecule has 0 bridgehead atoms. The number of benzene rings is 2. The second kappa shape index (κ2) is 10.5. The first-order chi connectivity index (χ1) is 16.1. The molecule has 2 aliphatic rings. The minimum Gasteiger partial charge on any atom is -0.475 e. The first kappa shape index (κ1) is 25.6. The number of carboxylic acid groups (broad SMARTS) is 1. The van der Waals surface area contributed by atoms with Crippen LogP contribution in [0.15, 0.2) is 48.5 Å². The minimum atomic E-state index is -5.08. The summed E-state index contributed by atoms with van der Waals surface area (Å²) in [4.78, 5) is 26.5. The van der Waals surface area contributed by atoms with Gasteiger partial charge in [0.2, 0.25) is 5.91 Å². The van der Waals surface area contributed by atoms with Crippen molar-refractivity contribution >= 4 is 17.6 Å². The molecule has 1 N–H and O–H groups in total. The van der Waals surface area contributed by atoms with Crippen LogP contribution in [0.1, 0.15) is 24.0 Å². The number of anilines is 1. The highest BCUT2D eigenvalue weighted by Crippen LogP contribution is 2.47. The Morgan fingerprint density at radius 2 is 1.68 bits per heavy atom. The number of rotatable bonds is 5. The van der Waals surface area contributed by atoms with Crippen molar-refractivity contribution < 1.29 is 37.0 Å². The van der Waals surface area contributed by atoms with Crippen molar-refractivity contribution in [3.05, 3.63) is 65.5 Å². The summed E-state index contributed by atoms with van der Waals surface area (Å²) in [6.45, 7) is 3.63. The molecule has 4 rings (SSSR count). The van der Waals surface area contributed by atoms with Gasteiger partial charge in [-0.1, -0.05) is 30.3 Å². The van der Waals surface area contributed by atoms with Crippen LogP contribution in [-0.2, 0) is 26.3 Å². The maximum Gasteiger partial charge on any atom is 0.490 e. The number of aliphatic carboxylic acids is 1. The number of nitrogens with zero attached hydrogens (tertiary/aromatic N) is 2. The van der Waals surface area contributed by atoms with Gasteiger partial charge in [0, 0.05) is 25.9 Å². The van der Waals surface area contributed by atoms with Crippen molar-refractivity contribution in [2.45, 2.75) is 31.0 Å². The topological polar surface area (TPSA) is 70.1 Å². The molecule has 10 heteroatoms. The van der Waals surface area contributed by atoms with E-state index in [2.05, 4.69) is 11.0 Å². The summed E-state index contributed by atoms with van der Waals surface area (Å²) < 4.78 is 50.1. The van der Waals surface area contributed by atoms with Crippen LogP contribution >= 0.6 is 0 Å². The monoisotopic (exact) mass is 482 g/mol. The van der Waals surface area contributed by atoms with Gasteiger partial charge in [0.25, 0.3) is 0 Å². The average Bonchev–Trinajstić information content (AvgIpc) is 3.03. The van der Waals surface area contributed by atoms with Crippen molar-refractivity contribution in [1.82, 2.24) is 4.90 Å². The van der Waals surface area contributed by atoms with E-state index in [0.717, 1.165) is 49.3 Å². The normalized spacial score (nSPS) is 17.3. The van der Waals surface area contributed by atoms with E-state index >= 15 is 0 Å². The zero-order chi connectivity index (χ0) is 24.9. The zero-order valence-electron chi connectivity index (χ0n) is 18.6. The number of amides is 1. The highest BCUT2D eigenvalue weighted by Gasteiger charge is 2.51.